The van der Waals surface area contributed by atoms with E-state index in [-0.39, 0.29) is 5.69 Å². The number of nitrogens with zero attached hydrogens (tertiary/aromatic N) is 2. The van der Waals surface area contributed by atoms with E-state index in [1.54, 1.807) is 22.8 Å². The molecule has 1 heterocycles. The molecule has 3 aromatic rings. The lowest BCUT2D eigenvalue weighted by molar-refractivity contribution is 0.727. The van der Waals surface area contributed by atoms with Crippen LogP contribution in [0.2, 0.25) is 10.0 Å². The van der Waals surface area contributed by atoms with E-state index in [4.69, 9.17) is 23.2 Å². The quantitative estimate of drug-likeness (QED) is 0.744. The Morgan fingerprint density at radius 1 is 1.17 bits per heavy atom. The Balaban J connectivity index is 2.01. The molecule has 1 N–H and O–H groups in total. The molecule has 0 radical (unpaired) electrons. The maximum absolute atomic E-state index is 12.0. The zero-order valence-corrected chi connectivity index (χ0v) is 14.5. The number of benzene rings is 2. The largest absolute Gasteiger partial charge is 0.337 e. The Morgan fingerprint density at radius 2 is 1.91 bits per heavy atom. The first-order valence-electron chi connectivity index (χ1n) is 6.86. The van der Waals surface area contributed by atoms with Crippen molar-refractivity contribution in [3.05, 3.63) is 78.9 Å². The Morgan fingerprint density at radius 3 is 2.61 bits per heavy atom. The highest BCUT2D eigenvalue weighted by Gasteiger charge is 2.05. The lowest BCUT2D eigenvalue weighted by Crippen LogP contribution is -2.26. The van der Waals surface area contributed by atoms with Gasteiger partial charge in [-0.15, -0.1) is 0 Å². The number of rotatable bonds is 3. The van der Waals surface area contributed by atoms with E-state index in [0.29, 0.717) is 27.1 Å². The highest BCUT2D eigenvalue weighted by Crippen LogP contribution is 2.21. The molecule has 0 unspecified atom stereocenters. The van der Waals surface area contributed by atoms with Crippen LogP contribution in [0.3, 0.4) is 0 Å². The van der Waals surface area contributed by atoms with Crippen molar-refractivity contribution in [3.63, 3.8) is 0 Å². The molecule has 7 heteroatoms. The van der Waals surface area contributed by atoms with Crippen LogP contribution in [-0.4, -0.2) is 8.94 Å². The summed E-state index contributed by atoms with van der Waals surface area (Å²) in [5.41, 5.74) is 2.48. The fourth-order valence-corrected chi connectivity index (χ4v) is 3.04. The second kappa shape index (κ2) is 6.74. The molecule has 1 aromatic heterocycles. The SMILES string of the molecule is Cc1ccc(N=c2s[nH]c(=O)n2Cc2ccc(Cl)cc2)cc1Cl. The van der Waals surface area contributed by atoms with Crippen LogP contribution < -0.4 is 10.5 Å². The van der Waals surface area contributed by atoms with Gasteiger partial charge in [-0.05, 0) is 53.8 Å². The van der Waals surface area contributed by atoms with Gasteiger partial charge in [-0.25, -0.2) is 9.79 Å². The maximum atomic E-state index is 12.0. The third-order valence-corrected chi connectivity index (χ3v) is 4.77. The number of hydrogen-bond donors (Lipinski definition) is 1. The van der Waals surface area contributed by atoms with E-state index < -0.39 is 0 Å². The number of aromatic amines is 1. The number of aromatic nitrogens is 2. The summed E-state index contributed by atoms with van der Waals surface area (Å²) >= 11 is 13.2. The van der Waals surface area contributed by atoms with Crippen LogP contribution in [-0.2, 0) is 6.54 Å². The van der Waals surface area contributed by atoms with Crippen molar-refractivity contribution in [2.45, 2.75) is 13.5 Å². The Hall–Kier alpha value is -1.82. The second-order valence-electron chi connectivity index (χ2n) is 5.05. The molecule has 2 aromatic carbocycles. The lowest BCUT2D eigenvalue weighted by atomic mass is 10.2. The minimum Gasteiger partial charge on any atom is -0.263 e. The maximum Gasteiger partial charge on any atom is 0.337 e. The summed E-state index contributed by atoms with van der Waals surface area (Å²) < 4.78 is 4.30. The van der Waals surface area contributed by atoms with Gasteiger partial charge in [0, 0.05) is 10.0 Å². The summed E-state index contributed by atoms with van der Waals surface area (Å²) in [6.45, 7) is 2.36. The molecule has 23 heavy (non-hydrogen) atoms. The predicted molar refractivity (Wildman–Crippen MR) is 94.9 cm³/mol. The Kier molecular flexibility index (Phi) is 4.71. The normalized spacial score (nSPS) is 11.9. The van der Waals surface area contributed by atoms with Crippen LogP contribution in [0.5, 0.6) is 0 Å². The van der Waals surface area contributed by atoms with Gasteiger partial charge in [0.2, 0.25) is 4.80 Å². The Bertz CT molecular complexity index is 954. The fourth-order valence-electron chi connectivity index (χ4n) is 2.04. The van der Waals surface area contributed by atoms with Crippen molar-refractivity contribution in [3.8, 4) is 0 Å². The number of hydrogen-bond acceptors (Lipinski definition) is 3. The van der Waals surface area contributed by atoms with Crippen molar-refractivity contribution >= 4 is 40.4 Å². The molecule has 0 aliphatic carbocycles. The minimum absolute atomic E-state index is 0.193. The van der Waals surface area contributed by atoms with E-state index in [0.717, 1.165) is 11.1 Å². The molecule has 3 rings (SSSR count). The highest BCUT2D eigenvalue weighted by atomic mass is 35.5. The molecular weight excluding hydrogens is 353 g/mol. The van der Waals surface area contributed by atoms with E-state index in [1.165, 1.54) is 11.5 Å². The van der Waals surface area contributed by atoms with Crippen molar-refractivity contribution in [1.29, 1.82) is 0 Å². The van der Waals surface area contributed by atoms with Gasteiger partial charge in [0.1, 0.15) is 0 Å². The molecule has 0 spiro atoms. The predicted octanol–water partition coefficient (Wildman–Crippen LogP) is 4.13. The fraction of sp³-hybridized carbons (Fsp3) is 0.125. The highest BCUT2D eigenvalue weighted by molar-refractivity contribution is 7.02. The third kappa shape index (κ3) is 3.75. The molecule has 0 aliphatic heterocycles. The van der Waals surface area contributed by atoms with E-state index in [1.807, 2.05) is 31.2 Å². The molecule has 4 nitrogen and oxygen atoms in total. The Labute approximate surface area is 146 Å². The van der Waals surface area contributed by atoms with Gasteiger partial charge in [-0.3, -0.25) is 8.94 Å². The zero-order chi connectivity index (χ0) is 16.4. The van der Waals surface area contributed by atoms with Gasteiger partial charge >= 0.3 is 5.69 Å². The van der Waals surface area contributed by atoms with Crippen molar-refractivity contribution in [1.82, 2.24) is 8.94 Å². The van der Waals surface area contributed by atoms with Crippen LogP contribution in [0.25, 0.3) is 0 Å². The zero-order valence-electron chi connectivity index (χ0n) is 12.2. The first kappa shape index (κ1) is 16.1. The molecule has 0 amide bonds. The molecular formula is C16H13Cl2N3OS. The van der Waals surface area contributed by atoms with Gasteiger partial charge < -0.3 is 0 Å². The number of nitrogens with one attached hydrogen (secondary N) is 1. The summed E-state index contributed by atoms with van der Waals surface area (Å²) in [7, 11) is 0. The second-order valence-corrected chi connectivity index (χ2v) is 6.67. The first-order chi connectivity index (χ1) is 11.0. The van der Waals surface area contributed by atoms with Gasteiger partial charge in [0.15, 0.2) is 0 Å². The molecule has 0 fully saturated rings. The molecule has 0 bridgehead atoms. The van der Waals surface area contributed by atoms with Crippen molar-refractivity contribution in [2.24, 2.45) is 4.99 Å². The summed E-state index contributed by atoms with van der Waals surface area (Å²) in [5, 5.41) is 1.32. The molecule has 0 aliphatic rings. The van der Waals surface area contributed by atoms with E-state index in [2.05, 4.69) is 9.37 Å². The van der Waals surface area contributed by atoms with E-state index >= 15 is 0 Å². The first-order valence-corrected chi connectivity index (χ1v) is 8.44. The topological polar surface area (TPSA) is 50.1 Å². The minimum atomic E-state index is -0.193. The van der Waals surface area contributed by atoms with Crippen LogP contribution in [0.1, 0.15) is 11.1 Å². The average molecular weight is 366 g/mol. The van der Waals surface area contributed by atoms with Crippen molar-refractivity contribution < 1.29 is 0 Å². The van der Waals surface area contributed by atoms with Crippen molar-refractivity contribution in [2.75, 3.05) is 0 Å². The smallest absolute Gasteiger partial charge is 0.263 e. The molecule has 118 valence electrons. The standard InChI is InChI=1S/C16H13Cl2N3OS/c1-10-2-7-13(8-14(10)18)19-16-21(15(22)20-23-16)9-11-3-5-12(17)6-4-11/h2-8H,9H2,1H3,(H,20,22). The van der Waals surface area contributed by atoms with Crippen LogP contribution in [0.15, 0.2) is 52.3 Å². The van der Waals surface area contributed by atoms with Gasteiger partial charge in [0.05, 0.1) is 12.2 Å². The summed E-state index contributed by atoms with van der Waals surface area (Å²) in [6.07, 6.45) is 0. The summed E-state index contributed by atoms with van der Waals surface area (Å²) in [4.78, 5) is 17.1. The average Bonchev–Trinajstić information content (AvgIpc) is 2.86. The van der Waals surface area contributed by atoms with Crippen LogP contribution in [0, 0.1) is 6.92 Å². The molecule has 0 saturated carbocycles. The monoisotopic (exact) mass is 365 g/mol. The van der Waals surface area contributed by atoms with Gasteiger partial charge in [-0.1, -0.05) is 41.4 Å². The van der Waals surface area contributed by atoms with Gasteiger partial charge in [-0.2, -0.15) is 0 Å². The lowest BCUT2D eigenvalue weighted by Gasteiger charge is -2.02. The number of halogens is 2. The number of aryl methyl sites for hydroxylation is 1. The van der Waals surface area contributed by atoms with E-state index in [9.17, 15) is 4.79 Å². The summed E-state index contributed by atoms with van der Waals surface area (Å²) in [5.74, 6) is 0. The van der Waals surface area contributed by atoms with Crippen LogP contribution in [0.4, 0.5) is 5.69 Å². The van der Waals surface area contributed by atoms with Crippen LogP contribution >= 0.6 is 34.7 Å². The third-order valence-electron chi connectivity index (χ3n) is 3.34. The number of H-pyrrole nitrogens is 1. The van der Waals surface area contributed by atoms with Gasteiger partial charge in [0.25, 0.3) is 0 Å². The summed E-state index contributed by atoms with van der Waals surface area (Å²) in [6, 6.07) is 12.9. The molecule has 0 saturated heterocycles. The molecule has 0 atom stereocenters.